The molecule has 0 fully saturated rings. The fourth-order valence-electron chi connectivity index (χ4n) is 1.84. The molecule has 1 heterocycles. The van der Waals surface area contributed by atoms with E-state index in [0.29, 0.717) is 5.69 Å². The first kappa shape index (κ1) is 12.9. The summed E-state index contributed by atoms with van der Waals surface area (Å²) in [5.41, 5.74) is 1.81. The van der Waals surface area contributed by atoms with Gasteiger partial charge < -0.3 is 9.30 Å². The van der Waals surface area contributed by atoms with Gasteiger partial charge in [-0.3, -0.25) is 0 Å². The topological polar surface area (TPSA) is 31.2 Å². The number of hydrogen-bond donors (Lipinski definition) is 0. The van der Waals surface area contributed by atoms with E-state index in [1.54, 1.807) is 6.07 Å². The molecule has 0 spiro atoms. The number of carbonyl (C=O) groups is 1. The maximum absolute atomic E-state index is 11.5. The molecule has 18 heavy (non-hydrogen) atoms. The zero-order valence-electron chi connectivity index (χ0n) is 10.1. The summed E-state index contributed by atoms with van der Waals surface area (Å²) in [6.45, 7) is 0.750. The summed E-state index contributed by atoms with van der Waals surface area (Å²) in [4.78, 5) is 11.5. The smallest absolute Gasteiger partial charge is 0.354 e. The van der Waals surface area contributed by atoms with Crippen molar-refractivity contribution in [3.8, 4) is 0 Å². The second-order valence-corrected chi connectivity index (χ2v) is 4.77. The first-order valence-corrected chi connectivity index (χ1v) is 6.48. The van der Waals surface area contributed by atoms with Crippen molar-refractivity contribution in [1.29, 1.82) is 0 Å². The number of rotatable bonds is 4. The van der Waals surface area contributed by atoms with Gasteiger partial charge in [-0.1, -0.05) is 34.1 Å². The van der Waals surface area contributed by atoms with E-state index in [9.17, 15) is 4.79 Å². The van der Waals surface area contributed by atoms with E-state index in [1.807, 2.05) is 35.0 Å². The molecule has 4 heteroatoms. The lowest BCUT2D eigenvalue weighted by Crippen LogP contribution is -2.11. The van der Waals surface area contributed by atoms with Crippen LogP contribution in [0.25, 0.3) is 0 Å². The van der Waals surface area contributed by atoms with Crippen molar-refractivity contribution in [2.75, 3.05) is 7.11 Å². The highest BCUT2D eigenvalue weighted by Crippen LogP contribution is 2.17. The molecule has 0 radical (unpaired) electrons. The number of carbonyl (C=O) groups excluding carboxylic acids is 1. The number of hydrogen-bond acceptors (Lipinski definition) is 2. The van der Waals surface area contributed by atoms with Gasteiger partial charge in [-0.05, 0) is 30.2 Å². The SMILES string of the molecule is COC(=O)c1cccn1CCc1ccccc1Br. The zero-order valence-corrected chi connectivity index (χ0v) is 11.7. The van der Waals surface area contributed by atoms with E-state index >= 15 is 0 Å². The maximum Gasteiger partial charge on any atom is 0.354 e. The van der Waals surface area contributed by atoms with Crippen molar-refractivity contribution in [3.63, 3.8) is 0 Å². The van der Waals surface area contributed by atoms with Gasteiger partial charge in [0.1, 0.15) is 5.69 Å². The molecule has 0 unspecified atom stereocenters. The molecule has 1 aromatic carbocycles. The number of esters is 1. The highest BCUT2D eigenvalue weighted by molar-refractivity contribution is 9.10. The Labute approximate surface area is 115 Å². The Morgan fingerprint density at radius 1 is 1.28 bits per heavy atom. The molecule has 0 saturated carbocycles. The molecule has 94 valence electrons. The van der Waals surface area contributed by atoms with Crippen molar-refractivity contribution in [2.45, 2.75) is 13.0 Å². The Hall–Kier alpha value is -1.55. The number of aryl methyl sites for hydroxylation is 2. The standard InChI is InChI=1S/C14H14BrNO2/c1-18-14(17)13-7-4-9-16(13)10-8-11-5-2-3-6-12(11)15/h2-7,9H,8,10H2,1H3. The third kappa shape index (κ3) is 2.82. The Morgan fingerprint density at radius 2 is 2.06 bits per heavy atom. The van der Waals surface area contributed by atoms with Gasteiger partial charge >= 0.3 is 5.97 Å². The van der Waals surface area contributed by atoms with Gasteiger partial charge in [0.15, 0.2) is 0 Å². The van der Waals surface area contributed by atoms with Gasteiger partial charge in [0.2, 0.25) is 0 Å². The number of aromatic nitrogens is 1. The summed E-state index contributed by atoms with van der Waals surface area (Å²) in [5.74, 6) is -0.299. The molecule has 0 N–H and O–H groups in total. The van der Waals surface area contributed by atoms with Crippen LogP contribution in [-0.2, 0) is 17.7 Å². The molecule has 0 aliphatic carbocycles. The van der Waals surface area contributed by atoms with Crippen LogP contribution in [0.5, 0.6) is 0 Å². The molecule has 0 saturated heterocycles. The normalized spacial score (nSPS) is 10.3. The highest BCUT2D eigenvalue weighted by Gasteiger charge is 2.10. The van der Waals surface area contributed by atoms with Crippen LogP contribution in [0, 0.1) is 0 Å². The number of ether oxygens (including phenoxy) is 1. The summed E-state index contributed by atoms with van der Waals surface area (Å²) < 4.78 is 7.74. The minimum atomic E-state index is -0.299. The molecule has 0 aliphatic rings. The molecule has 2 aromatic rings. The summed E-state index contributed by atoms with van der Waals surface area (Å²) >= 11 is 3.52. The Bertz CT molecular complexity index is 548. The highest BCUT2D eigenvalue weighted by atomic mass is 79.9. The fraction of sp³-hybridized carbons (Fsp3) is 0.214. The van der Waals surface area contributed by atoms with Crippen molar-refractivity contribution >= 4 is 21.9 Å². The lowest BCUT2D eigenvalue weighted by Gasteiger charge is -2.08. The van der Waals surface area contributed by atoms with Crippen LogP contribution in [0.4, 0.5) is 0 Å². The van der Waals surface area contributed by atoms with Crippen LogP contribution in [0.3, 0.4) is 0 Å². The van der Waals surface area contributed by atoms with Gasteiger partial charge in [0.05, 0.1) is 7.11 Å². The quantitative estimate of drug-likeness (QED) is 0.812. The number of benzene rings is 1. The number of methoxy groups -OCH3 is 1. The van der Waals surface area contributed by atoms with E-state index in [-0.39, 0.29) is 5.97 Å². The molecular formula is C14H14BrNO2. The lowest BCUT2D eigenvalue weighted by molar-refractivity contribution is 0.0588. The molecule has 3 nitrogen and oxygen atoms in total. The molecule has 1 aromatic heterocycles. The summed E-state index contributed by atoms with van der Waals surface area (Å²) in [6, 6.07) is 11.7. The Kier molecular flexibility index (Phi) is 4.20. The average Bonchev–Trinajstić information content (AvgIpc) is 2.85. The lowest BCUT2D eigenvalue weighted by atomic mass is 10.1. The fourth-order valence-corrected chi connectivity index (χ4v) is 2.32. The van der Waals surface area contributed by atoms with Crippen LogP contribution in [0.1, 0.15) is 16.1 Å². The minimum Gasteiger partial charge on any atom is -0.464 e. The van der Waals surface area contributed by atoms with Gasteiger partial charge in [0, 0.05) is 17.2 Å². The average molecular weight is 308 g/mol. The maximum atomic E-state index is 11.5. The molecule has 0 atom stereocenters. The number of nitrogens with zero attached hydrogens (tertiary/aromatic N) is 1. The largest absolute Gasteiger partial charge is 0.464 e. The van der Waals surface area contributed by atoms with E-state index in [0.717, 1.165) is 17.4 Å². The molecule has 0 bridgehead atoms. The summed E-state index contributed by atoms with van der Waals surface area (Å²) in [5, 5.41) is 0. The van der Waals surface area contributed by atoms with Crippen LogP contribution in [0.2, 0.25) is 0 Å². The van der Waals surface area contributed by atoms with Crippen molar-refractivity contribution < 1.29 is 9.53 Å². The third-order valence-electron chi connectivity index (χ3n) is 2.80. The predicted octanol–water partition coefficient (Wildman–Crippen LogP) is 3.28. The Morgan fingerprint density at radius 3 is 2.78 bits per heavy atom. The van der Waals surface area contributed by atoms with E-state index in [4.69, 9.17) is 4.74 Å². The van der Waals surface area contributed by atoms with Crippen LogP contribution in [0.15, 0.2) is 47.1 Å². The zero-order chi connectivity index (χ0) is 13.0. The van der Waals surface area contributed by atoms with Gasteiger partial charge in [-0.2, -0.15) is 0 Å². The van der Waals surface area contributed by atoms with Gasteiger partial charge in [-0.25, -0.2) is 4.79 Å². The predicted molar refractivity (Wildman–Crippen MR) is 73.6 cm³/mol. The van der Waals surface area contributed by atoms with Crippen LogP contribution >= 0.6 is 15.9 Å². The molecule has 0 aliphatic heterocycles. The molecule has 0 amide bonds. The molecular weight excluding hydrogens is 294 g/mol. The minimum absolute atomic E-state index is 0.299. The molecule has 2 rings (SSSR count). The van der Waals surface area contributed by atoms with Crippen molar-refractivity contribution in [3.05, 3.63) is 58.3 Å². The van der Waals surface area contributed by atoms with Gasteiger partial charge in [0.25, 0.3) is 0 Å². The van der Waals surface area contributed by atoms with Crippen LogP contribution < -0.4 is 0 Å². The van der Waals surface area contributed by atoms with Crippen molar-refractivity contribution in [1.82, 2.24) is 4.57 Å². The monoisotopic (exact) mass is 307 g/mol. The number of halogens is 1. The van der Waals surface area contributed by atoms with E-state index in [2.05, 4.69) is 22.0 Å². The first-order chi connectivity index (χ1) is 8.72. The summed E-state index contributed by atoms with van der Waals surface area (Å²) in [6.07, 6.45) is 2.75. The van der Waals surface area contributed by atoms with Crippen LogP contribution in [-0.4, -0.2) is 17.6 Å². The Balaban J connectivity index is 2.09. The second-order valence-electron chi connectivity index (χ2n) is 3.92. The van der Waals surface area contributed by atoms with Crippen molar-refractivity contribution in [2.24, 2.45) is 0 Å². The summed E-state index contributed by atoms with van der Waals surface area (Å²) in [7, 11) is 1.40. The van der Waals surface area contributed by atoms with Gasteiger partial charge in [-0.15, -0.1) is 0 Å². The first-order valence-electron chi connectivity index (χ1n) is 5.69. The second kappa shape index (κ2) is 5.87. The third-order valence-corrected chi connectivity index (χ3v) is 3.58. The van der Waals surface area contributed by atoms with E-state index in [1.165, 1.54) is 12.7 Å². The van der Waals surface area contributed by atoms with E-state index < -0.39 is 0 Å².